The van der Waals surface area contributed by atoms with Crippen LogP contribution in [0.4, 0.5) is 5.69 Å². The van der Waals surface area contributed by atoms with E-state index in [0.717, 1.165) is 12.3 Å². The van der Waals surface area contributed by atoms with Gasteiger partial charge in [0.05, 0.1) is 23.6 Å². The number of nitrogens with one attached hydrogen (secondary N) is 1. The molecule has 0 saturated heterocycles. The molecular formula is C9H11N2O4S-. The second kappa shape index (κ2) is 4.93. The molecular weight excluding hydrogens is 232 g/mol. The molecule has 1 aromatic rings. The fourth-order valence-electron chi connectivity index (χ4n) is 1.11. The SMILES string of the molecule is CCCS(=O)(=O)Nc1cncc(C(=O)[O-])c1. The highest BCUT2D eigenvalue weighted by Crippen LogP contribution is 2.10. The number of carbonyl (C=O) groups is 1. The van der Waals surface area contributed by atoms with Crippen molar-refractivity contribution < 1.29 is 18.3 Å². The Bertz CT molecular complexity index is 484. The summed E-state index contributed by atoms with van der Waals surface area (Å²) in [5, 5.41) is 10.5. The molecule has 16 heavy (non-hydrogen) atoms. The third kappa shape index (κ3) is 3.50. The number of aromatic nitrogens is 1. The van der Waals surface area contributed by atoms with Gasteiger partial charge in [-0.25, -0.2) is 8.42 Å². The fraction of sp³-hybridized carbons (Fsp3) is 0.333. The van der Waals surface area contributed by atoms with Gasteiger partial charge in [0.1, 0.15) is 0 Å². The third-order valence-electron chi connectivity index (χ3n) is 1.72. The predicted octanol–water partition coefficient (Wildman–Crippen LogP) is -0.403. The highest BCUT2D eigenvalue weighted by atomic mass is 32.2. The molecule has 0 spiro atoms. The van der Waals surface area contributed by atoms with Gasteiger partial charge in [-0.1, -0.05) is 6.92 Å². The molecule has 7 heteroatoms. The van der Waals surface area contributed by atoms with Gasteiger partial charge in [0.15, 0.2) is 0 Å². The van der Waals surface area contributed by atoms with Gasteiger partial charge in [0, 0.05) is 11.8 Å². The normalized spacial score (nSPS) is 11.1. The first-order valence-electron chi connectivity index (χ1n) is 4.61. The van der Waals surface area contributed by atoms with Gasteiger partial charge in [-0.15, -0.1) is 0 Å². The van der Waals surface area contributed by atoms with Crippen LogP contribution in [0.25, 0.3) is 0 Å². The summed E-state index contributed by atoms with van der Waals surface area (Å²) in [6.45, 7) is 1.73. The molecule has 0 bridgehead atoms. The fourth-order valence-corrected chi connectivity index (χ4v) is 2.22. The molecule has 0 amide bonds. The van der Waals surface area contributed by atoms with Crippen LogP contribution in [0.3, 0.4) is 0 Å². The Kier molecular flexibility index (Phi) is 3.83. The van der Waals surface area contributed by atoms with Crippen LogP contribution in [0.15, 0.2) is 18.5 Å². The third-order valence-corrected chi connectivity index (χ3v) is 3.21. The first-order chi connectivity index (χ1) is 7.44. The van der Waals surface area contributed by atoms with Crippen molar-refractivity contribution in [3.05, 3.63) is 24.0 Å². The summed E-state index contributed by atoms with van der Waals surface area (Å²) in [4.78, 5) is 14.1. The van der Waals surface area contributed by atoms with Gasteiger partial charge < -0.3 is 9.90 Å². The zero-order valence-electron chi connectivity index (χ0n) is 8.63. The van der Waals surface area contributed by atoms with E-state index in [9.17, 15) is 18.3 Å². The minimum atomic E-state index is -3.43. The topological polar surface area (TPSA) is 99.2 Å². The average Bonchev–Trinajstić information content (AvgIpc) is 2.17. The van der Waals surface area contributed by atoms with E-state index in [4.69, 9.17) is 0 Å². The Hall–Kier alpha value is -1.63. The number of hydrogen-bond acceptors (Lipinski definition) is 5. The van der Waals surface area contributed by atoms with Crippen molar-refractivity contribution in [2.45, 2.75) is 13.3 Å². The Balaban J connectivity index is 2.90. The van der Waals surface area contributed by atoms with Gasteiger partial charge in [-0.2, -0.15) is 0 Å². The number of hydrogen-bond donors (Lipinski definition) is 1. The van der Waals surface area contributed by atoms with Gasteiger partial charge in [0.2, 0.25) is 10.0 Å². The number of nitrogens with zero attached hydrogens (tertiary/aromatic N) is 1. The summed E-state index contributed by atoms with van der Waals surface area (Å²) < 4.78 is 25.0. The molecule has 0 radical (unpaired) electrons. The lowest BCUT2D eigenvalue weighted by Gasteiger charge is -2.08. The number of carboxylic acid groups (broad SMARTS) is 1. The van der Waals surface area contributed by atoms with Crippen LogP contribution in [-0.4, -0.2) is 25.1 Å². The molecule has 0 aliphatic carbocycles. The minimum absolute atomic E-state index is 0.0252. The van der Waals surface area contributed by atoms with Crippen LogP contribution in [-0.2, 0) is 10.0 Å². The van der Waals surface area contributed by atoms with Crippen molar-refractivity contribution in [2.75, 3.05) is 10.5 Å². The van der Waals surface area contributed by atoms with Crippen molar-refractivity contribution in [3.8, 4) is 0 Å². The smallest absolute Gasteiger partial charge is 0.232 e. The average molecular weight is 243 g/mol. The van der Waals surface area contributed by atoms with Gasteiger partial charge in [0.25, 0.3) is 0 Å². The van der Waals surface area contributed by atoms with Crippen molar-refractivity contribution in [1.29, 1.82) is 0 Å². The number of pyridine rings is 1. The monoisotopic (exact) mass is 243 g/mol. The Morgan fingerprint density at radius 3 is 2.75 bits per heavy atom. The van der Waals surface area contributed by atoms with E-state index in [2.05, 4.69) is 9.71 Å². The molecule has 0 saturated carbocycles. The number of carbonyl (C=O) groups excluding carboxylic acids is 1. The lowest BCUT2D eigenvalue weighted by atomic mass is 10.3. The van der Waals surface area contributed by atoms with E-state index in [1.54, 1.807) is 6.92 Å². The largest absolute Gasteiger partial charge is 0.545 e. The first kappa shape index (κ1) is 12.4. The van der Waals surface area contributed by atoms with Crippen molar-refractivity contribution in [2.24, 2.45) is 0 Å². The van der Waals surface area contributed by atoms with Crippen molar-refractivity contribution in [3.63, 3.8) is 0 Å². The molecule has 1 rings (SSSR count). The number of rotatable bonds is 5. The Labute approximate surface area is 93.4 Å². The summed E-state index contributed by atoms with van der Waals surface area (Å²) >= 11 is 0. The van der Waals surface area contributed by atoms with Crippen LogP contribution in [0.5, 0.6) is 0 Å². The Morgan fingerprint density at radius 2 is 2.19 bits per heavy atom. The molecule has 0 atom stereocenters. The minimum Gasteiger partial charge on any atom is -0.545 e. The van der Waals surface area contributed by atoms with Crippen LogP contribution in [0.2, 0.25) is 0 Å². The second-order valence-electron chi connectivity index (χ2n) is 3.17. The lowest BCUT2D eigenvalue weighted by Crippen LogP contribution is -2.23. The summed E-state index contributed by atoms with van der Waals surface area (Å²) in [6.07, 6.45) is 2.80. The zero-order chi connectivity index (χ0) is 12.2. The van der Waals surface area contributed by atoms with Crippen molar-refractivity contribution in [1.82, 2.24) is 4.98 Å². The summed E-state index contributed by atoms with van der Waals surface area (Å²) in [5.74, 6) is -1.42. The zero-order valence-corrected chi connectivity index (χ0v) is 9.45. The van der Waals surface area contributed by atoms with Crippen LogP contribution in [0, 0.1) is 0 Å². The molecule has 0 aliphatic heterocycles. The summed E-state index contributed by atoms with van der Waals surface area (Å²) in [7, 11) is -3.43. The number of anilines is 1. The molecule has 1 N–H and O–H groups in total. The molecule has 88 valence electrons. The van der Waals surface area contributed by atoms with E-state index in [-0.39, 0.29) is 17.0 Å². The highest BCUT2D eigenvalue weighted by Gasteiger charge is 2.09. The second-order valence-corrected chi connectivity index (χ2v) is 5.01. The molecule has 0 fully saturated rings. The summed E-state index contributed by atoms with van der Waals surface area (Å²) in [6, 6.07) is 1.16. The van der Waals surface area contributed by atoms with Gasteiger partial charge in [-0.3, -0.25) is 9.71 Å². The van der Waals surface area contributed by atoms with Crippen LogP contribution < -0.4 is 9.83 Å². The first-order valence-corrected chi connectivity index (χ1v) is 6.26. The van der Waals surface area contributed by atoms with E-state index in [0.29, 0.717) is 6.42 Å². The van der Waals surface area contributed by atoms with E-state index in [1.165, 1.54) is 6.20 Å². The molecule has 0 aromatic carbocycles. The van der Waals surface area contributed by atoms with Gasteiger partial charge >= 0.3 is 0 Å². The van der Waals surface area contributed by atoms with Crippen LogP contribution >= 0.6 is 0 Å². The standard InChI is InChI=1S/C9H12N2O4S/c1-2-3-16(14,15)11-8-4-7(9(12)13)5-10-6-8/h4-6,11H,2-3H2,1H3,(H,12,13)/p-1. The molecule has 0 unspecified atom stereocenters. The summed E-state index contributed by atoms with van der Waals surface area (Å²) in [5.41, 5.74) is -0.0492. The van der Waals surface area contributed by atoms with Gasteiger partial charge in [-0.05, 0) is 12.5 Å². The molecule has 0 aliphatic rings. The predicted molar refractivity (Wildman–Crippen MR) is 56.3 cm³/mol. The lowest BCUT2D eigenvalue weighted by molar-refractivity contribution is -0.255. The number of carboxylic acids is 1. The van der Waals surface area contributed by atoms with E-state index in [1.807, 2.05) is 0 Å². The van der Waals surface area contributed by atoms with E-state index >= 15 is 0 Å². The number of aromatic carboxylic acids is 1. The molecule has 6 nitrogen and oxygen atoms in total. The Morgan fingerprint density at radius 1 is 1.50 bits per heavy atom. The quantitative estimate of drug-likeness (QED) is 0.758. The van der Waals surface area contributed by atoms with Crippen LogP contribution in [0.1, 0.15) is 23.7 Å². The molecule has 1 aromatic heterocycles. The van der Waals surface area contributed by atoms with E-state index < -0.39 is 16.0 Å². The maximum Gasteiger partial charge on any atom is 0.232 e. The maximum atomic E-state index is 11.4. The highest BCUT2D eigenvalue weighted by molar-refractivity contribution is 7.92. The molecule has 1 heterocycles. The number of sulfonamides is 1. The maximum absolute atomic E-state index is 11.4. The van der Waals surface area contributed by atoms with Crippen molar-refractivity contribution >= 4 is 21.7 Å².